The van der Waals surface area contributed by atoms with Crippen LogP contribution in [-0.4, -0.2) is 48.6 Å². The molecule has 0 spiro atoms. The summed E-state index contributed by atoms with van der Waals surface area (Å²) < 4.78 is 1.72. The number of aromatic amines is 2. The smallest absolute Gasteiger partial charge is 0.328 e. The summed E-state index contributed by atoms with van der Waals surface area (Å²) in [6, 6.07) is 3.88. The molecule has 1 saturated carbocycles. The van der Waals surface area contributed by atoms with Crippen molar-refractivity contribution in [1.29, 1.82) is 5.26 Å². The minimum absolute atomic E-state index is 0.0960. The lowest BCUT2D eigenvalue weighted by atomic mass is 9.91. The Morgan fingerprint density at radius 1 is 1.37 bits per heavy atom. The van der Waals surface area contributed by atoms with Gasteiger partial charge in [-0.1, -0.05) is 6.92 Å². The van der Waals surface area contributed by atoms with Gasteiger partial charge in [-0.25, -0.2) is 4.79 Å². The zero-order valence-corrected chi connectivity index (χ0v) is 14.9. The van der Waals surface area contributed by atoms with Gasteiger partial charge in [0.25, 0.3) is 0 Å². The lowest BCUT2D eigenvalue weighted by Gasteiger charge is -2.38. The van der Waals surface area contributed by atoms with Gasteiger partial charge < -0.3 is 9.88 Å². The first-order valence-corrected chi connectivity index (χ1v) is 9.19. The molecule has 3 aromatic rings. The maximum Gasteiger partial charge on any atom is 0.328 e. The topological polar surface area (TPSA) is 123 Å². The van der Waals surface area contributed by atoms with Crippen molar-refractivity contribution in [2.75, 3.05) is 13.1 Å². The van der Waals surface area contributed by atoms with E-state index in [-0.39, 0.29) is 23.6 Å². The number of nitrogens with zero attached hydrogens (tertiary/aromatic N) is 5. The van der Waals surface area contributed by atoms with Gasteiger partial charge in [-0.15, -0.1) is 10.2 Å². The van der Waals surface area contributed by atoms with Crippen LogP contribution in [0.15, 0.2) is 17.1 Å². The van der Waals surface area contributed by atoms with Crippen LogP contribution in [0.5, 0.6) is 0 Å². The van der Waals surface area contributed by atoms with Crippen molar-refractivity contribution in [3.8, 4) is 6.07 Å². The van der Waals surface area contributed by atoms with Gasteiger partial charge in [-0.05, 0) is 31.2 Å². The lowest BCUT2D eigenvalue weighted by Crippen LogP contribution is -2.48. The largest absolute Gasteiger partial charge is 0.345 e. The van der Waals surface area contributed by atoms with Crippen LogP contribution in [0.3, 0.4) is 0 Å². The molecule has 1 saturated heterocycles. The maximum atomic E-state index is 12.8. The molecule has 0 radical (unpaired) electrons. The fourth-order valence-corrected chi connectivity index (χ4v) is 4.19. The number of fused-ring (bicyclic) bond motifs is 3. The number of nitrogens with one attached hydrogen (secondary N) is 2. The second-order valence-corrected chi connectivity index (χ2v) is 7.72. The third-order valence-electron chi connectivity index (χ3n) is 6.05. The van der Waals surface area contributed by atoms with Crippen molar-refractivity contribution in [3.05, 3.63) is 22.7 Å². The average Bonchev–Trinajstić information content (AvgIpc) is 3.19. The first-order valence-electron chi connectivity index (χ1n) is 9.19. The first kappa shape index (κ1) is 16.1. The summed E-state index contributed by atoms with van der Waals surface area (Å²) in [5, 5.41) is 18.4. The number of aromatic nitrogens is 5. The quantitative estimate of drug-likeness (QED) is 0.709. The fourth-order valence-electron chi connectivity index (χ4n) is 4.19. The molecule has 1 aliphatic heterocycles. The third kappa shape index (κ3) is 2.22. The van der Waals surface area contributed by atoms with Crippen molar-refractivity contribution in [2.24, 2.45) is 11.3 Å². The zero-order chi connectivity index (χ0) is 18.8. The van der Waals surface area contributed by atoms with Crippen LogP contribution < -0.4 is 5.69 Å². The molecule has 2 atom stereocenters. The van der Waals surface area contributed by atoms with E-state index >= 15 is 0 Å². The van der Waals surface area contributed by atoms with Crippen molar-refractivity contribution >= 4 is 28.1 Å². The number of amides is 1. The molecule has 9 nitrogen and oxygen atoms in total. The number of likely N-dealkylation sites (tertiary alicyclic amines) is 1. The third-order valence-corrected chi connectivity index (χ3v) is 6.05. The number of H-pyrrole nitrogens is 2. The summed E-state index contributed by atoms with van der Waals surface area (Å²) in [6.45, 7) is 3.14. The Labute approximate surface area is 154 Å². The Morgan fingerprint density at radius 2 is 2.15 bits per heavy atom. The lowest BCUT2D eigenvalue weighted by molar-refractivity contribution is -0.137. The highest BCUT2D eigenvalue weighted by atomic mass is 16.2. The van der Waals surface area contributed by atoms with Crippen LogP contribution in [-0.2, 0) is 4.79 Å². The van der Waals surface area contributed by atoms with E-state index in [2.05, 4.69) is 33.2 Å². The number of piperidine rings is 1. The Hall–Kier alpha value is -3.15. The van der Waals surface area contributed by atoms with E-state index in [1.165, 1.54) is 0 Å². The molecule has 27 heavy (non-hydrogen) atoms. The van der Waals surface area contributed by atoms with Crippen molar-refractivity contribution < 1.29 is 4.79 Å². The van der Waals surface area contributed by atoms with E-state index < -0.39 is 5.41 Å². The fraction of sp³-hybridized carbons (Fsp3) is 0.500. The van der Waals surface area contributed by atoms with E-state index in [1.807, 2.05) is 6.07 Å². The van der Waals surface area contributed by atoms with Gasteiger partial charge in [-0.3, -0.25) is 14.3 Å². The minimum atomic E-state index is -0.838. The monoisotopic (exact) mass is 365 g/mol. The number of nitriles is 1. The van der Waals surface area contributed by atoms with E-state index in [1.54, 1.807) is 15.7 Å². The van der Waals surface area contributed by atoms with Crippen molar-refractivity contribution in [3.63, 3.8) is 0 Å². The summed E-state index contributed by atoms with van der Waals surface area (Å²) in [6.07, 6.45) is 3.81. The molecule has 2 aliphatic rings. The molecule has 0 bridgehead atoms. The van der Waals surface area contributed by atoms with Gasteiger partial charge in [0.05, 0.1) is 12.1 Å². The molecule has 2 fully saturated rings. The molecule has 3 aromatic heterocycles. The molecule has 1 amide bonds. The summed E-state index contributed by atoms with van der Waals surface area (Å²) >= 11 is 0. The Kier molecular flexibility index (Phi) is 3.22. The van der Waals surface area contributed by atoms with Crippen LogP contribution in [0.1, 0.15) is 32.2 Å². The summed E-state index contributed by atoms with van der Waals surface area (Å²) in [4.78, 5) is 33.2. The zero-order valence-electron chi connectivity index (χ0n) is 14.9. The summed E-state index contributed by atoms with van der Waals surface area (Å²) in [5.41, 5.74) is 0.682. The second-order valence-electron chi connectivity index (χ2n) is 7.72. The highest BCUT2D eigenvalue weighted by Gasteiger charge is 2.53. The van der Waals surface area contributed by atoms with Crippen LogP contribution in [0, 0.1) is 22.7 Å². The van der Waals surface area contributed by atoms with Gasteiger partial charge in [0.2, 0.25) is 5.91 Å². The number of hydrogen-bond donors (Lipinski definition) is 2. The molecule has 5 rings (SSSR count). The number of carbonyl (C=O) groups excluding carboxylic acids is 1. The SMILES string of the molecule is CC1CCN(C(=O)C2(C#N)CC2)CC1n1c(=O)[nH]c2nnc3[nH]ccc3c21. The summed E-state index contributed by atoms with van der Waals surface area (Å²) in [7, 11) is 0. The van der Waals surface area contributed by atoms with E-state index in [4.69, 9.17) is 0 Å². The molecule has 2 N–H and O–H groups in total. The minimum Gasteiger partial charge on any atom is -0.345 e. The van der Waals surface area contributed by atoms with Crippen LogP contribution in [0.4, 0.5) is 0 Å². The first-order chi connectivity index (χ1) is 13.0. The van der Waals surface area contributed by atoms with Crippen LogP contribution in [0.25, 0.3) is 22.2 Å². The van der Waals surface area contributed by atoms with E-state index in [0.29, 0.717) is 42.7 Å². The molecule has 1 aliphatic carbocycles. The Morgan fingerprint density at radius 3 is 2.89 bits per heavy atom. The van der Waals surface area contributed by atoms with Gasteiger partial charge in [0.15, 0.2) is 11.3 Å². The standard InChI is InChI=1S/C18H19N7O2/c1-10-3-7-24(16(26)18(9-19)4-5-18)8-12(10)25-13-11-2-6-20-14(11)22-23-15(13)21-17(25)27/h2,6,10,12H,3-5,7-8H2,1H3,(H,20,22)(H,21,23,27). The van der Waals surface area contributed by atoms with E-state index in [9.17, 15) is 14.9 Å². The average molecular weight is 365 g/mol. The van der Waals surface area contributed by atoms with Gasteiger partial charge in [0.1, 0.15) is 10.9 Å². The highest BCUT2D eigenvalue weighted by Crippen LogP contribution is 2.47. The molecule has 4 heterocycles. The summed E-state index contributed by atoms with van der Waals surface area (Å²) in [5.74, 6) is 0.117. The van der Waals surface area contributed by atoms with Gasteiger partial charge >= 0.3 is 5.69 Å². The predicted molar refractivity (Wildman–Crippen MR) is 96.7 cm³/mol. The van der Waals surface area contributed by atoms with Gasteiger partial charge in [0, 0.05) is 24.7 Å². The molecular formula is C18H19N7O2. The van der Waals surface area contributed by atoms with Crippen LogP contribution in [0.2, 0.25) is 0 Å². The van der Waals surface area contributed by atoms with Crippen molar-refractivity contribution in [1.82, 2.24) is 29.6 Å². The second kappa shape index (κ2) is 5.42. The van der Waals surface area contributed by atoms with Crippen LogP contribution >= 0.6 is 0 Å². The predicted octanol–water partition coefficient (Wildman–Crippen LogP) is 1.31. The molecule has 0 aromatic carbocycles. The molecular weight excluding hydrogens is 346 g/mol. The Balaban J connectivity index is 1.60. The molecule has 138 valence electrons. The van der Waals surface area contributed by atoms with E-state index in [0.717, 1.165) is 11.8 Å². The number of hydrogen-bond acceptors (Lipinski definition) is 5. The normalized spacial score (nSPS) is 24.2. The Bertz CT molecular complexity index is 1160. The molecule has 9 heteroatoms. The number of rotatable bonds is 2. The van der Waals surface area contributed by atoms with Gasteiger partial charge in [-0.2, -0.15) is 5.26 Å². The highest BCUT2D eigenvalue weighted by molar-refractivity contribution is 5.99. The number of carbonyl (C=O) groups is 1. The molecule has 2 unspecified atom stereocenters. The maximum absolute atomic E-state index is 12.8. The van der Waals surface area contributed by atoms with Crippen molar-refractivity contribution in [2.45, 2.75) is 32.2 Å². The number of imidazole rings is 1.